The summed E-state index contributed by atoms with van der Waals surface area (Å²) in [5.41, 5.74) is 5.53. The fraction of sp³-hybridized carbons (Fsp3) is 0.400. The number of rotatable bonds is 15. The third-order valence-electron chi connectivity index (χ3n) is 7.76. The number of aromatic nitrogens is 1. The zero-order chi connectivity index (χ0) is 34.7. The number of carbonyl (C=O) groups is 3. The van der Waals surface area contributed by atoms with E-state index in [0.29, 0.717) is 34.7 Å². The lowest BCUT2D eigenvalue weighted by molar-refractivity contribution is -0.870. The van der Waals surface area contributed by atoms with Crippen LogP contribution in [0.25, 0.3) is 6.08 Å². The van der Waals surface area contributed by atoms with Gasteiger partial charge in [0.05, 0.1) is 50.0 Å². The molecule has 3 N–H and O–H groups in total. The van der Waals surface area contributed by atoms with Crippen molar-refractivity contribution in [3.8, 4) is 0 Å². The van der Waals surface area contributed by atoms with Gasteiger partial charge in [0.15, 0.2) is 11.4 Å². The summed E-state index contributed by atoms with van der Waals surface area (Å²) in [4.78, 5) is 40.3. The number of allylic oxidation sites excluding steroid dienone is 2. The van der Waals surface area contributed by atoms with Crippen molar-refractivity contribution in [2.24, 2.45) is 0 Å². The van der Waals surface area contributed by atoms with Crippen molar-refractivity contribution in [3.05, 3.63) is 76.3 Å². The van der Waals surface area contributed by atoms with Crippen LogP contribution in [0.2, 0.25) is 0 Å². The minimum absolute atomic E-state index is 0.116. The van der Waals surface area contributed by atoms with E-state index in [1.807, 2.05) is 22.9 Å². The van der Waals surface area contributed by atoms with Gasteiger partial charge in [0.25, 0.3) is 0 Å². The highest BCUT2D eigenvalue weighted by Gasteiger charge is 2.54. The summed E-state index contributed by atoms with van der Waals surface area (Å²) >= 11 is 0. The lowest BCUT2D eigenvalue weighted by Gasteiger charge is -2.32. The Hall–Kier alpha value is -4.19. The number of carboxylic acids is 1. The Bertz CT molecular complexity index is 1770. The van der Waals surface area contributed by atoms with Crippen LogP contribution < -0.4 is 10.8 Å². The van der Waals surface area contributed by atoms with Gasteiger partial charge in [0, 0.05) is 35.4 Å². The van der Waals surface area contributed by atoms with Gasteiger partial charge in [0.1, 0.15) is 12.6 Å². The molecule has 2 aromatic rings. The van der Waals surface area contributed by atoms with Gasteiger partial charge in [0.2, 0.25) is 5.91 Å². The van der Waals surface area contributed by atoms with Gasteiger partial charge in [-0.3, -0.25) is 9.59 Å². The van der Waals surface area contributed by atoms with Gasteiger partial charge in [-0.25, -0.2) is 13.2 Å². The number of halogens is 2. The zero-order valence-corrected chi connectivity index (χ0v) is 27.4. The van der Waals surface area contributed by atoms with Crippen molar-refractivity contribution in [3.63, 3.8) is 0 Å². The van der Waals surface area contributed by atoms with E-state index in [1.54, 1.807) is 43.3 Å². The molecule has 13 nitrogen and oxygen atoms in total. The summed E-state index contributed by atoms with van der Waals surface area (Å²) in [7, 11) is 1.30. The van der Waals surface area contributed by atoms with Gasteiger partial charge >= 0.3 is 18.9 Å². The van der Waals surface area contributed by atoms with Crippen molar-refractivity contribution in [2.45, 2.75) is 38.6 Å². The van der Waals surface area contributed by atoms with Gasteiger partial charge in [-0.05, 0) is 49.2 Å². The molecular weight excluding hydrogens is 639 g/mol. The van der Waals surface area contributed by atoms with Crippen molar-refractivity contribution >= 4 is 46.7 Å². The van der Waals surface area contributed by atoms with Crippen LogP contribution in [0, 0.1) is 6.92 Å². The molecule has 254 valence electrons. The Balaban J connectivity index is 1.49. The van der Waals surface area contributed by atoms with Gasteiger partial charge in [-0.15, -0.1) is 5.48 Å². The molecule has 0 saturated heterocycles. The molecule has 2 aliphatic rings. The molecule has 1 aromatic carbocycles. The van der Waals surface area contributed by atoms with E-state index < -0.39 is 53.3 Å². The van der Waals surface area contributed by atoms with Crippen LogP contribution in [0.15, 0.2) is 53.7 Å². The number of nitrogens with one attached hydrogen (secondary N) is 2. The van der Waals surface area contributed by atoms with Crippen LogP contribution in [-0.4, -0.2) is 108 Å². The standard InChI is InChI=1S/C30H38BF2N5O8S/c1-20-15-23(12-13-29(40)46-34-18-28(39)35-24(30(41)42)19-47(43,44)45)36-25(20)17-27-22(11-8-14-38(2,3)4)16-26(37(27)31(36,32)33)21-9-6-5-7-10-21/h5-7,9-10,15-17,24,34H,8,11-14,18-19H2,1-4H3,(H2-,35,39,41,42,43,44,45). The van der Waals surface area contributed by atoms with E-state index in [1.165, 1.54) is 0 Å². The molecule has 0 aliphatic carbocycles. The first-order valence-electron chi connectivity index (χ1n) is 14.9. The number of fused-ring (bicyclic) bond motifs is 2. The van der Waals surface area contributed by atoms with E-state index in [2.05, 4.69) is 21.1 Å². The van der Waals surface area contributed by atoms with Crippen LogP contribution in [0.4, 0.5) is 8.63 Å². The number of carbonyl (C=O) groups excluding carboxylic acids is 2. The van der Waals surface area contributed by atoms with Crippen LogP contribution in [0.1, 0.15) is 41.8 Å². The number of carboxylic acid groups (broad SMARTS) is 1. The average Bonchev–Trinajstić information content (AvgIpc) is 3.49. The molecular formula is C30H38BF2N5O8S. The second-order valence-corrected chi connectivity index (χ2v) is 14.0. The number of amides is 1. The number of benzene rings is 1. The Morgan fingerprint density at radius 1 is 1.13 bits per heavy atom. The maximum atomic E-state index is 16.7. The molecule has 1 amide bonds. The topological polar surface area (TPSA) is 170 Å². The Morgan fingerprint density at radius 3 is 2.43 bits per heavy atom. The van der Waals surface area contributed by atoms with E-state index in [4.69, 9.17) is 9.94 Å². The van der Waals surface area contributed by atoms with Crippen LogP contribution >= 0.6 is 0 Å². The molecule has 1 atom stereocenters. The minimum Gasteiger partial charge on any atom is -0.748 e. The van der Waals surface area contributed by atoms with Crippen molar-refractivity contribution < 1.29 is 54.9 Å². The van der Waals surface area contributed by atoms with E-state index in [9.17, 15) is 27.4 Å². The first-order chi connectivity index (χ1) is 21.9. The highest BCUT2D eigenvalue weighted by molar-refractivity contribution is 7.85. The Kier molecular flexibility index (Phi) is 10.5. The highest BCUT2D eigenvalue weighted by Crippen LogP contribution is 2.39. The molecule has 1 unspecified atom stereocenters. The third kappa shape index (κ3) is 8.79. The van der Waals surface area contributed by atoms with Crippen molar-refractivity contribution in [1.82, 2.24) is 15.3 Å². The molecule has 0 bridgehead atoms. The maximum absolute atomic E-state index is 16.7. The maximum Gasteiger partial charge on any atom is 0.737 e. The highest BCUT2D eigenvalue weighted by atomic mass is 32.2. The van der Waals surface area contributed by atoms with Gasteiger partial charge in [-0.1, -0.05) is 18.2 Å². The number of nitrogens with zero attached hydrogens (tertiary/aromatic N) is 3. The van der Waals surface area contributed by atoms with Crippen molar-refractivity contribution in [1.29, 1.82) is 0 Å². The number of quaternary nitrogens is 1. The fourth-order valence-electron chi connectivity index (χ4n) is 5.68. The SMILES string of the molecule is Cc1cc(CCC(=O)ONCC(=O)NC(CS(=O)(=O)[O-])C(=O)O)n2c1C=C1C(CCC[N+](C)(C)C)=CC(c3ccccc3)=[N+]1[B-]2(F)F. The Morgan fingerprint density at radius 2 is 1.81 bits per heavy atom. The fourth-order valence-corrected chi connectivity index (χ4v) is 6.31. The normalized spacial score (nSPS) is 16.1. The minimum atomic E-state index is -4.95. The number of hydrogen-bond donors (Lipinski definition) is 3. The van der Waals surface area contributed by atoms with Crippen LogP contribution in [0.5, 0.6) is 0 Å². The summed E-state index contributed by atoms with van der Waals surface area (Å²) in [6, 6.07) is 8.61. The number of aliphatic carboxylic acids is 1. The predicted octanol–water partition coefficient (Wildman–Crippen LogP) is 1.40. The monoisotopic (exact) mass is 677 g/mol. The molecule has 47 heavy (non-hydrogen) atoms. The second kappa shape index (κ2) is 13.9. The largest absolute Gasteiger partial charge is 0.748 e. The molecule has 0 radical (unpaired) electrons. The summed E-state index contributed by atoms with van der Waals surface area (Å²) in [6.45, 7) is -2.53. The zero-order valence-electron chi connectivity index (χ0n) is 26.5. The van der Waals surface area contributed by atoms with E-state index >= 15 is 8.63 Å². The molecule has 0 spiro atoms. The van der Waals surface area contributed by atoms with Gasteiger partial charge < -0.3 is 41.9 Å². The summed E-state index contributed by atoms with van der Waals surface area (Å²) in [5, 5.41) is 10.8. The average molecular weight is 678 g/mol. The number of aryl methyl sites for hydroxylation is 2. The lowest BCUT2D eigenvalue weighted by atomic mass is 9.88. The smallest absolute Gasteiger partial charge is 0.737 e. The molecule has 0 fully saturated rings. The predicted molar refractivity (Wildman–Crippen MR) is 168 cm³/mol. The quantitative estimate of drug-likeness (QED) is 0.109. The molecule has 3 heterocycles. The lowest BCUT2D eigenvalue weighted by Crippen LogP contribution is -2.51. The second-order valence-electron chi connectivity index (χ2n) is 12.6. The molecule has 1 aromatic heterocycles. The van der Waals surface area contributed by atoms with Crippen LogP contribution in [0.3, 0.4) is 0 Å². The summed E-state index contributed by atoms with van der Waals surface area (Å²) in [5.74, 6) is -5.05. The molecule has 17 heteroatoms. The van der Waals surface area contributed by atoms with E-state index in [-0.39, 0.29) is 18.5 Å². The summed E-state index contributed by atoms with van der Waals surface area (Å²) < 4.78 is 68.8. The number of hydroxylamine groups is 1. The molecule has 4 rings (SSSR count). The van der Waals surface area contributed by atoms with Gasteiger partial charge in [-0.2, -0.15) is 0 Å². The van der Waals surface area contributed by atoms with Crippen LogP contribution in [-0.2, 0) is 35.8 Å². The van der Waals surface area contributed by atoms with E-state index in [0.717, 1.165) is 32.0 Å². The first-order valence-corrected chi connectivity index (χ1v) is 16.5. The number of hydrogen-bond acceptors (Lipinski definition) is 8. The molecule has 2 aliphatic heterocycles. The summed E-state index contributed by atoms with van der Waals surface area (Å²) in [6.07, 6.45) is 4.59. The Labute approximate surface area is 271 Å². The molecule has 0 saturated carbocycles. The third-order valence-corrected chi connectivity index (χ3v) is 8.50. The van der Waals surface area contributed by atoms with Crippen molar-refractivity contribution in [2.75, 3.05) is 40.0 Å². The first kappa shape index (κ1) is 35.7.